The fraction of sp³-hybridized carbons (Fsp3) is 0.800. The van der Waals surface area contributed by atoms with Crippen LogP contribution in [0.5, 0.6) is 0 Å². The molecular weight excluding hydrogens is 262 g/mol. The van der Waals surface area contributed by atoms with Gasteiger partial charge in [-0.05, 0) is 19.8 Å². The van der Waals surface area contributed by atoms with E-state index in [4.69, 9.17) is 46.4 Å². The smallest absolute Gasteiger partial charge is 0.0591 e. The second-order valence-corrected chi connectivity index (χ2v) is 6.59. The van der Waals surface area contributed by atoms with Gasteiger partial charge in [0.25, 0.3) is 0 Å². The van der Waals surface area contributed by atoms with E-state index in [0.717, 1.165) is 6.42 Å². The fourth-order valence-electron chi connectivity index (χ4n) is 1.97. The van der Waals surface area contributed by atoms with Crippen LogP contribution in [0.3, 0.4) is 0 Å². The summed E-state index contributed by atoms with van der Waals surface area (Å²) in [7, 11) is 0. The SMILES string of the molecule is C[C@]1(Cl)C[C@@](C)(/C=C/Cl)[C@H](Cl)C[C@@H]1Cl. The monoisotopic (exact) mass is 274 g/mol. The molecule has 0 saturated heterocycles. The Labute approximate surface area is 106 Å². The number of allylic oxidation sites excluding steroid dienone is 1. The minimum absolute atomic E-state index is 0.00757. The van der Waals surface area contributed by atoms with Gasteiger partial charge >= 0.3 is 0 Å². The number of hydrogen-bond acceptors (Lipinski definition) is 0. The zero-order valence-electron chi connectivity index (χ0n) is 8.24. The van der Waals surface area contributed by atoms with E-state index in [1.807, 2.05) is 13.0 Å². The molecule has 14 heavy (non-hydrogen) atoms. The molecule has 0 amide bonds. The second-order valence-electron chi connectivity index (χ2n) is 4.42. The predicted octanol–water partition coefficient (Wildman–Crippen LogP) is 4.75. The molecule has 0 heterocycles. The maximum Gasteiger partial charge on any atom is 0.0591 e. The number of rotatable bonds is 1. The zero-order valence-corrected chi connectivity index (χ0v) is 11.3. The van der Waals surface area contributed by atoms with Gasteiger partial charge in [-0.1, -0.05) is 24.6 Å². The Hall–Kier alpha value is 0.900. The molecule has 4 heteroatoms. The Morgan fingerprint density at radius 2 is 1.79 bits per heavy atom. The Bertz CT molecular complexity index is 236. The van der Waals surface area contributed by atoms with Crippen molar-refractivity contribution in [2.24, 2.45) is 5.41 Å². The van der Waals surface area contributed by atoms with E-state index in [-0.39, 0.29) is 16.2 Å². The van der Waals surface area contributed by atoms with Gasteiger partial charge in [0.2, 0.25) is 0 Å². The predicted molar refractivity (Wildman–Crippen MR) is 65.9 cm³/mol. The van der Waals surface area contributed by atoms with Gasteiger partial charge in [0.1, 0.15) is 0 Å². The van der Waals surface area contributed by atoms with Gasteiger partial charge in [-0.15, -0.1) is 34.8 Å². The largest absolute Gasteiger partial charge is 0.122 e. The number of halogens is 4. The summed E-state index contributed by atoms with van der Waals surface area (Å²) in [4.78, 5) is -0.405. The molecule has 0 aromatic rings. The van der Waals surface area contributed by atoms with E-state index >= 15 is 0 Å². The van der Waals surface area contributed by atoms with Crippen molar-refractivity contribution in [1.82, 2.24) is 0 Å². The van der Waals surface area contributed by atoms with Gasteiger partial charge < -0.3 is 0 Å². The first-order chi connectivity index (χ1) is 6.32. The molecule has 1 aliphatic carbocycles. The molecule has 0 nitrogen and oxygen atoms in total. The molecule has 0 N–H and O–H groups in total. The van der Waals surface area contributed by atoms with E-state index in [1.165, 1.54) is 5.54 Å². The molecule has 0 aromatic carbocycles. The average Bonchev–Trinajstić information content (AvgIpc) is 2.01. The van der Waals surface area contributed by atoms with Gasteiger partial charge in [0, 0.05) is 16.3 Å². The summed E-state index contributed by atoms with van der Waals surface area (Å²) >= 11 is 24.4. The second kappa shape index (κ2) is 4.41. The molecule has 0 unspecified atom stereocenters. The van der Waals surface area contributed by atoms with Gasteiger partial charge in [0.15, 0.2) is 0 Å². The lowest BCUT2D eigenvalue weighted by atomic mass is 9.70. The van der Waals surface area contributed by atoms with Crippen LogP contribution in [0.4, 0.5) is 0 Å². The number of hydrogen-bond donors (Lipinski definition) is 0. The lowest BCUT2D eigenvalue weighted by molar-refractivity contribution is 0.253. The van der Waals surface area contributed by atoms with Crippen LogP contribution in [0, 0.1) is 5.41 Å². The minimum Gasteiger partial charge on any atom is -0.122 e. The first-order valence-corrected chi connectivity index (χ1v) is 6.25. The molecule has 1 fully saturated rings. The van der Waals surface area contributed by atoms with Crippen molar-refractivity contribution in [2.45, 2.75) is 42.3 Å². The molecule has 82 valence electrons. The first kappa shape index (κ1) is 13.0. The Balaban J connectivity index is 2.89. The van der Waals surface area contributed by atoms with Crippen LogP contribution in [-0.2, 0) is 0 Å². The highest BCUT2D eigenvalue weighted by Crippen LogP contribution is 2.49. The van der Waals surface area contributed by atoms with Gasteiger partial charge in [-0.25, -0.2) is 0 Å². The third-order valence-corrected chi connectivity index (χ3v) is 4.92. The highest BCUT2D eigenvalue weighted by atomic mass is 35.5. The molecular formula is C10H14Cl4. The van der Waals surface area contributed by atoms with E-state index in [1.54, 1.807) is 0 Å². The Morgan fingerprint density at radius 3 is 2.29 bits per heavy atom. The van der Waals surface area contributed by atoms with Gasteiger partial charge in [-0.3, -0.25) is 0 Å². The third-order valence-electron chi connectivity index (χ3n) is 2.95. The van der Waals surface area contributed by atoms with E-state index in [9.17, 15) is 0 Å². The van der Waals surface area contributed by atoms with E-state index in [0.29, 0.717) is 6.42 Å². The van der Waals surface area contributed by atoms with Crippen LogP contribution < -0.4 is 0 Å². The van der Waals surface area contributed by atoms with Crippen LogP contribution in [0.25, 0.3) is 0 Å². The van der Waals surface area contributed by atoms with Gasteiger partial charge in [-0.2, -0.15) is 0 Å². The Morgan fingerprint density at radius 1 is 1.21 bits per heavy atom. The lowest BCUT2D eigenvalue weighted by Crippen LogP contribution is -2.47. The van der Waals surface area contributed by atoms with Crippen LogP contribution in [-0.4, -0.2) is 15.6 Å². The average molecular weight is 276 g/mol. The standard InChI is InChI=1S/C10H14Cl4/c1-9(3-4-11)6-10(2,14)8(13)5-7(9)12/h3-4,7-8H,5-6H2,1-2H3/b4-3+/t7-,8+,9-,10+/m1/s1. The highest BCUT2D eigenvalue weighted by molar-refractivity contribution is 6.33. The van der Waals surface area contributed by atoms with Crippen molar-refractivity contribution in [3.63, 3.8) is 0 Å². The molecule has 4 atom stereocenters. The van der Waals surface area contributed by atoms with Gasteiger partial charge in [0.05, 0.1) is 10.3 Å². The zero-order chi connectivity index (χ0) is 11.0. The van der Waals surface area contributed by atoms with Crippen molar-refractivity contribution in [1.29, 1.82) is 0 Å². The normalized spacial score (nSPS) is 49.9. The third kappa shape index (κ3) is 2.52. The number of alkyl halides is 3. The van der Waals surface area contributed by atoms with Crippen molar-refractivity contribution >= 4 is 46.4 Å². The molecule has 1 aliphatic rings. The molecule has 1 saturated carbocycles. The molecule has 0 aliphatic heterocycles. The van der Waals surface area contributed by atoms with Crippen LogP contribution >= 0.6 is 46.4 Å². The van der Waals surface area contributed by atoms with Crippen LogP contribution in [0.2, 0.25) is 0 Å². The Kier molecular flexibility index (Phi) is 4.09. The van der Waals surface area contributed by atoms with Crippen molar-refractivity contribution in [2.75, 3.05) is 0 Å². The van der Waals surface area contributed by atoms with Crippen molar-refractivity contribution in [3.05, 3.63) is 11.6 Å². The van der Waals surface area contributed by atoms with Crippen molar-refractivity contribution in [3.8, 4) is 0 Å². The molecule has 0 aromatic heterocycles. The summed E-state index contributed by atoms with van der Waals surface area (Å²) in [5.74, 6) is 0. The first-order valence-electron chi connectivity index (χ1n) is 4.57. The molecule has 0 bridgehead atoms. The fourth-order valence-corrected chi connectivity index (χ4v) is 3.31. The van der Waals surface area contributed by atoms with E-state index in [2.05, 4.69) is 6.92 Å². The summed E-state index contributed by atoms with van der Waals surface area (Å²) in [6, 6.07) is 0. The molecule has 1 rings (SSSR count). The quantitative estimate of drug-likeness (QED) is 0.606. The summed E-state index contributed by atoms with van der Waals surface area (Å²) in [5, 5.41) is -0.0877. The highest BCUT2D eigenvalue weighted by Gasteiger charge is 2.47. The summed E-state index contributed by atoms with van der Waals surface area (Å²) in [6.07, 6.45) is 3.36. The molecule has 0 spiro atoms. The maximum atomic E-state index is 6.34. The van der Waals surface area contributed by atoms with Crippen molar-refractivity contribution < 1.29 is 0 Å². The summed E-state index contributed by atoms with van der Waals surface area (Å²) in [6.45, 7) is 4.02. The topological polar surface area (TPSA) is 0 Å². The van der Waals surface area contributed by atoms with Crippen LogP contribution in [0.15, 0.2) is 11.6 Å². The maximum absolute atomic E-state index is 6.34. The van der Waals surface area contributed by atoms with E-state index < -0.39 is 4.87 Å². The van der Waals surface area contributed by atoms with Crippen LogP contribution in [0.1, 0.15) is 26.7 Å². The summed E-state index contributed by atoms with van der Waals surface area (Å²) in [5.41, 5.74) is 1.35. The minimum atomic E-state index is -0.405. The molecule has 0 radical (unpaired) electrons. The lowest BCUT2D eigenvalue weighted by Gasteiger charge is -2.45. The summed E-state index contributed by atoms with van der Waals surface area (Å²) < 4.78 is 0.